The van der Waals surface area contributed by atoms with Crippen LogP contribution in [0.2, 0.25) is 0 Å². The van der Waals surface area contributed by atoms with Gasteiger partial charge in [-0.15, -0.1) is 24.0 Å². The molecule has 2 aliphatic heterocycles. The second-order valence-electron chi connectivity index (χ2n) is 7.70. The number of nitrogens with zero attached hydrogens (tertiary/aromatic N) is 4. The number of ether oxygens (including phenoxy) is 1. The lowest BCUT2D eigenvalue weighted by Crippen LogP contribution is -2.50. The van der Waals surface area contributed by atoms with Gasteiger partial charge in [0.1, 0.15) is 5.75 Å². The molecule has 176 valence electrons. The van der Waals surface area contributed by atoms with E-state index in [0.717, 1.165) is 64.7 Å². The summed E-state index contributed by atoms with van der Waals surface area (Å²) in [5.74, 6) is 1.00. The van der Waals surface area contributed by atoms with E-state index in [1.807, 2.05) is 12.1 Å². The van der Waals surface area contributed by atoms with Crippen LogP contribution in [0.3, 0.4) is 0 Å². The zero-order valence-electron chi connectivity index (χ0n) is 18.4. The Hall–Kier alpha value is -1.40. The lowest BCUT2D eigenvalue weighted by Gasteiger charge is -2.34. The van der Waals surface area contributed by atoms with E-state index < -0.39 is 6.61 Å². The number of aliphatic imine (C=N–C) groups is 1. The highest BCUT2D eigenvalue weighted by atomic mass is 127. The Labute approximate surface area is 201 Å². The van der Waals surface area contributed by atoms with Crippen LogP contribution in [0.25, 0.3) is 0 Å². The van der Waals surface area contributed by atoms with E-state index in [4.69, 9.17) is 0 Å². The van der Waals surface area contributed by atoms with Crippen molar-refractivity contribution in [1.29, 1.82) is 0 Å². The summed E-state index contributed by atoms with van der Waals surface area (Å²) in [6.07, 6.45) is 0.905. The molecule has 1 aromatic carbocycles. The first kappa shape index (κ1) is 25.9. The summed E-state index contributed by atoms with van der Waals surface area (Å²) in [5, 5.41) is 6.86. The number of guanidine groups is 1. The van der Waals surface area contributed by atoms with Gasteiger partial charge in [0, 0.05) is 65.4 Å². The molecule has 1 atom stereocenters. The largest absolute Gasteiger partial charge is 0.433 e. The van der Waals surface area contributed by atoms with E-state index in [1.165, 1.54) is 0 Å². The van der Waals surface area contributed by atoms with Crippen molar-refractivity contribution in [2.75, 3.05) is 70.9 Å². The van der Waals surface area contributed by atoms with E-state index in [1.54, 1.807) is 19.2 Å². The molecule has 2 fully saturated rings. The van der Waals surface area contributed by atoms with Crippen molar-refractivity contribution < 1.29 is 13.5 Å². The van der Waals surface area contributed by atoms with Gasteiger partial charge in [0.05, 0.1) is 5.69 Å². The Bertz CT molecular complexity index is 688. The van der Waals surface area contributed by atoms with Gasteiger partial charge >= 0.3 is 6.61 Å². The molecule has 0 bridgehead atoms. The molecule has 0 aliphatic carbocycles. The van der Waals surface area contributed by atoms with Gasteiger partial charge < -0.3 is 25.2 Å². The maximum atomic E-state index is 12.7. The molecular weight excluding hydrogens is 517 g/mol. The SMILES string of the molecule is CCN1CCN(CCNC(=NC)NC2CCN(c3ccccc3OC(F)F)C2)CC1.I. The van der Waals surface area contributed by atoms with Crippen LogP contribution in [-0.4, -0.2) is 94.4 Å². The van der Waals surface area contributed by atoms with Crippen molar-refractivity contribution in [2.45, 2.75) is 26.0 Å². The number of piperazine rings is 1. The van der Waals surface area contributed by atoms with Crippen molar-refractivity contribution in [3.63, 3.8) is 0 Å². The van der Waals surface area contributed by atoms with Crippen LogP contribution < -0.4 is 20.3 Å². The molecular formula is C21H35F2IN6O. The molecule has 0 spiro atoms. The second kappa shape index (κ2) is 13.2. The molecule has 0 saturated carbocycles. The predicted octanol–water partition coefficient (Wildman–Crippen LogP) is 2.29. The average molecular weight is 552 g/mol. The molecule has 1 unspecified atom stereocenters. The number of nitrogens with one attached hydrogen (secondary N) is 2. The maximum absolute atomic E-state index is 12.7. The quantitative estimate of drug-likeness (QED) is 0.294. The number of hydrogen-bond acceptors (Lipinski definition) is 5. The molecule has 0 amide bonds. The van der Waals surface area contributed by atoms with Crippen molar-refractivity contribution in [3.05, 3.63) is 24.3 Å². The Morgan fingerprint density at radius 3 is 2.55 bits per heavy atom. The van der Waals surface area contributed by atoms with E-state index in [9.17, 15) is 8.78 Å². The first-order chi connectivity index (χ1) is 14.6. The molecule has 1 aromatic rings. The third-order valence-electron chi connectivity index (χ3n) is 5.81. The van der Waals surface area contributed by atoms with Crippen LogP contribution in [0.4, 0.5) is 14.5 Å². The highest BCUT2D eigenvalue weighted by Gasteiger charge is 2.26. The zero-order chi connectivity index (χ0) is 21.3. The summed E-state index contributed by atoms with van der Waals surface area (Å²) < 4.78 is 30.1. The van der Waals surface area contributed by atoms with Gasteiger partial charge in [0.2, 0.25) is 0 Å². The fraction of sp³-hybridized carbons (Fsp3) is 0.667. The lowest BCUT2D eigenvalue weighted by molar-refractivity contribution is -0.0495. The summed E-state index contributed by atoms with van der Waals surface area (Å²) in [7, 11) is 1.77. The lowest BCUT2D eigenvalue weighted by atomic mass is 10.2. The van der Waals surface area contributed by atoms with Gasteiger partial charge in [-0.1, -0.05) is 19.1 Å². The van der Waals surface area contributed by atoms with Gasteiger partial charge in [-0.05, 0) is 25.1 Å². The second-order valence-corrected chi connectivity index (χ2v) is 7.70. The molecule has 2 heterocycles. The number of anilines is 1. The topological polar surface area (TPSA) is 55.4 Å². The van der Waals surface area contributed by atoms with Crippen LogP contribution in [-0.2, 0) is 0 Å². The van der Waals surface area contributed by atoms with Gasteiger partial charge in [-0.2, -0.15) is 8.78 Å². The minimum absolute atomic E-state index is 0. The van der Waals surface area contributed by atoms with E-state index >= 15 is 0 Å². The molecule has 0 aromatic heterocycles. The summed E-state index contributed by atoms with van der Waals surface area (Å²) in [6, 6.07) is 7.16. The molecule has 10 heteroatoms. The smallest absolute Gasteiger partial charge is 0.387 e. The van der Waals surface area contributed by atoms with Crippen LogP contribution in [0, 0.1) is 0 Å². The molecule has 0 radical (unpaired) electrons. The summed E-state index contributed by atoms with van der Waals surface area (Å²) >= 11 is 0. The highest BCUT2D eigenvalue weighted by Crippen LogP contribution is 2.31. The van der Waals surface area contributed by atoms with Crippen LogP contribution >= 0.6 is 24.0 Å². The predicted molar refractivity (Wildman–Crippen MR) is 132 cm³/mol. The third-order valence-corrected chi connectivity index (χ3v) is 5.81. The summed E-state index contributed by atoms with van der Waals surface area (Å²) in [5.41, 5.74) is 0.705. The Balaban J connectivity index is 0.00000341. The fourth-order valence-corrected chi connectivity index (χ4v) is 4.06. The molecule has 2 N–H and O–H groups in total. The standard InChI is InChI=1S/C21H34F2N6O.HI/c1-3-27-12-14-28(15-13-27)11-9-25-21(24-2)26-17-8-10-29(16-17)18-6-4-5-7-19(18)30-20(22)23;/h4-7,17,20H,3,8-16H2,1-2H3,(H2,24,25,26);1H. The number of benzene rings is 1. The average Bonchev–Trinajstić information content (AvgIpc) is 3.21. The van der Waals surface area contributed by atoms with E-state index in [0.29, 0.717) is 12.2 Å². The van der Waals surface area contributed by atoms with Gasteiger partial charge in [-0.25, -0.2) is 0 Å². The molecule has 7 nitrogen and oxygen atoms in total. The van der Waals surface area contributed by atoms with Gasteiger partial charge in [0.25, 0.3) is 0 Å². The molecule has 31 heavy (non-hydrogen) atoms. The first-order valence-electron chi connectivity index (χ1n) is 10.8. The number of hydrogen-bond donors (Lipinski definition) is 2. The Morgan fingerprint density at radius 2 is 1.87 bits per heavy atom. The maximum Gasteiger partial charge on any atom is 0.387 e. The molecule has 2 saturated heterocycles. The first-order valence-corrected chi connectivity index (χ1v) is 10.8. The van der Waals surface area contributed by atoms with Crippen LogP contribution in [0.5, 0.6) is 5.75 Å². The Kier molecular flexibility index (Phi) is 11.0. The summed E-state index contributed by atoms with van der Waals surface area (Å²) in [4.78, 5) is 11.4. The monoisotopic (exact) mass is 552 g/mol. The third kappa shape index (κ3) is 7.90. The van der Waals surface area contributed by atoms with E-state index in [-0.39, 0.29) is 35.8 Å². The van der Waals surface area contributed by atoms with Crippen molar-refractivity contribution in [3.8, 4) is 5.75 Å². The van der Waals surface area contributed by atoms with E-state index in [2.05, 4.69) is 42.0 Å². The van der Waals surface area contributed by atoms with Crippen molar-refractivity contribution >= 4 is 35.6 Å². The van der Waals surface area contributed by atoms with Gasteiger partial charge in [0.15, 0.2) is 5.96 Å². The fourth-order valence-electron chi connectivity index (χ4n) is 4.06. The minimum atomic E-state index is -2.82. The zero-order valence-corrected chi connectivity index (χ0v) is 20.7. The molecule has 3 rings (SSSR count). The number of para-hydroxylation sites is 2. The number of halogens is 3. The summed E-state index contributed by atoms with van der Waals surface area (Å²) in [6.45, 7) is 8.33. The molecule has 2 aliphatic rings. The highest BCUT2D eigenvalue weighted by molar-refractivity contribution is 14.0. The van der Waals surface area contributed by atoms with Crippen LogP contribution in [0.15, 0.2) is 29.3 Å². The van der Waals surface area contributed by atoms with Gasteiger partial charge in [-0.3, -0.25) is 9.89 Å². The number of alkyl halides is 2. The van der Waals surface area contributed by atoms with Crippen molar-refractivity contribution in [2.24, 2.45) is 4.99 Å². The normalized spacial score (nSPS) is 20.6. The van der Waals surface area contributed by atoms with Crippen LogP contribution in [0.1, 0.15) is 13.3 Å². The minimum Gasteiger partial charge on any atom is -0.433 e. The number of likely N-dealkylation sites (N-methyl/N-ethyl adjacent to an activating group) is 1. The Morgan fingerprint density at radius 1 is 1.16 bits per heavy atom. The number of rotatable bonds is 8. The van der Waals surface area contributed by atoms with Crippen molar-refractivity contribution in [1.82, 2.24) is 20.4 Å².